The van der Waals surface area contributed by atoms with Crippen molar-refractivity contribution in [3.63, 3.8) is 0 Å². The van der Waals surface area contributed by atoms with Crippen LogP contribution in [0.25, 0.3) is 0 Å². The number of halogens is 2. The molecular weight excluding hydrogens is 294 g/mol. The van der Waals surface area contributed by atoms with Gasteiger partial charge in [0.05, 0.1) is 11.6 Å². The number of rotatable bonds is 5. The van der Waals surface area contributed by atoms with Gasteiger partial charge >= 0.3 is 6.61 Å². The molecule has 0 aliphatic carbocycles. The van der Waals surface area contributed by atoms with Gasteiger partial charge in [-0.15, -0.1) is 11.3 Å². The van der Waals surface area contributed by atoms with Crippen molar-refractivity contribution in [2.75, 3.05) is 5.32 Å². The molecular formula is C15H18F2N2OS. The Morgan fingerprint density at radius 1 is 1.33 bits per heavy atom. The van der Waals surface area contributed by atoms with Gasteiger partial charge in [-0.1, -0.05) is 26.8 Å². The van der Waals surface area contributed by atoms with Crippen molar-refractivity contribution in [3.8, 4) is 5.75 Å². The Balaban J connectivity index is 1.98. The van der Waals surface area contributed by atoms with E-state index in [1.807, 2.05) is 12.3 Å². The second-order valence-corrected chi connectivity index (χ2v) is 6.76. The highest BCUT2D eigenvalue weighted by Crippen LogP contribution is 2.27. The molecule has 0 aliphatic rings. The molecule has 0 saturated heterocycles. The minimum Gasteiger partial charge on any atom is -0.435 e. The van der Waals surface area contributed by atoms with Crippen LogP contribution in [0.3, 0.4) is 0 Å². The summed E-state index contributed by atoms with van der Waals surface area (Å²) in [6.07, 6.45) is 1.84. The predicted molar refractivity (Wildman–Crippen MR) is 81.2 cm³/mol. The number of nitrogens with one attached hydrogen (secondary N) is 1. The lowest BCUT2D eigenvalue weighted by Crippen LogP contribution is -2.09. The number of hydrogen-bond acceptors (Lipinski definition) is 4. The number of anilines is 1. The highest BCUT2D eigenvalue weighted by molar-refractivity contribution is 7.11. The van der Waals surface area contributed by atoms with E-state index < -0.39 is 6.61 Å². The predicted octanol–water partition coefficient (Wildman–Crippen LogP) is 4.65. The van der Waals surface area contributed by atoms with Crippen LogP contribution in [0.1, 0.15) is 30.7 Å². The Hall–Kier alpha value is -1.69. The summed E-state index contributed by atoms with van der Waals surface area (Å²) in [7, 11) is 0. The summed E-state index contributed by atoms with van der Waals surface area (Å²) >= 11 is 1.65. The highest BCUT2D eigenvalue weighted by Gasteiger charge is 2.17. The van der Waals surface area contributed by atoms with Gasteiger partial charge in [-0.3, -0.25) is 0 Å². The zero-order valence-corrected chi connectivity index (χ0v) is 13.0. The molecule has 0 saturated carbocycles. The Kier molecular flexibility index (Phi) is 4.77. The first-order valence-corrected chi connectivity index (χ1v) is 7.40. The topological polar surface area (TPSA) is 34.2 Å². The van der Waals surface area contributed by atoms with Crippen LogP contribution in [0.2, 0.25) is 0 Å². The second-order valence-electron chi connectivity index (χ2n) is 5.64. The summed E-state index contributed by atoms with van der Waals surface area (Å²) in [6.45, 7) is 4.15. The van der Waals surface area contributed by atoms with Gasteiger partial charge in [0.25, 0.3) is 0 Å². The number of thiazole rings is 1. The fourth-order valence-corrected chi connectivity index (χ4v) is 2.62. The average Bonchev–Trinajstić information content (AvgIpc) is 2.84. The molecule has 0 unspecified atom stereocenters. The van der Waals surface area contributed by atoms with Gasteiger partial charge < -0.3 is 10.1 Å². The van der Waals surface area contributed by atoms with Gasteiger partial charge in [-0.2, -0.15) is 8.78 Å². The van der Waals surface area contributed by atoms with Gasteiger partial charge in [0, 0.05) is 28.2 Å². The third-order valence-corrected chi connectivity index (χ3v) is 4.14. The van der Waals surface area contributed by atoms with E-state index >= 15 is 0 Å². The van der Waals surface area contributed by atoms with E-state index in [4.69, 9.17) is 0 Å². The maximum atomic E-state index is 12.2. The van der Waals surface area contributed by atoms with Crippen LogP contribution in [-0.2, 0) is 12.0 Å². The fourth-order valence-electron chi connectivity index (χ4n) is 1.71. The Morgan fingerprint density at radius 3 is 2.71 bits per heavy atom. The first-order valence-electron chi connectivity index (χ1n) is 6.58. The normalized spacial score (nSPS) is 11.7. The quantitative estimate of drug-likeness (QED) is 0.872. The molecule has 0 amide bonds. The molecule has 114 valence electrons. The van der Waals surface area contributed by atoms with Gasteiger partial charge in [0.1, 0.15) is 5.75 Å². The number of ether oxygens (including phenoxy) is 1. The van der Waals surface area contributed by atoms with E-state index in [1.54, 1.807) is 23.5 Å². The zero-order valence-electron chi connectivity index (χ0n) is 12.2. The molecule has 6 heteroatoms. The molecule has 1 N–H and O–H groups in total. The molecule has 2 aromatic rings. The molecule has 3 nitrogen and oxygen atoms in total. The first-order chi connectivity index (χ1) is 9.84. The molecule has 0 aliphatic heterocycles. The lowest BCUT2D eigenvalue weighted by Gasteiger charge is -2.13. The van der Waals surface area contributed by atoms with Crippen molar-refractivity contribution in [2.24, 2.45) is 0 Å². The summed E-state index contributed by atoms with van der Waals surface area (Å²) in [4.78, 5) is 5.51. The summed E-state index contributed by atoms with van der Waals surface area (Å²) < 4.78 is 28.7. The van der Waals surface area contributed by atoms with Crippen molar-refractivity contribution in [3.05, 3.63) is 40.3 Å². The van der Waals surface area contributed by atoms with Crippen molar-refractivity contribution in [1.29, 1.82) is 0 Å². The van der Waals surface area contributed by atoms with E-state index in [-0.39, 0.29) is 11.2 Å². The molecule has 0 spiro atoms. The summed E-state index contributed by atoms with van der Waals surface area (Å²) in [5, 5.41) is 4.26. The average molecular weight is 312 g/mol. The smallest absolute Gasteiger partial charge is 0.387 e. The maximum absolute atomic E-state index is 12.2. The molecule has 1 aromatic heterocycles. The SMILES string of the molecule is CC(C)(C)c1ncc(CNc2cccc(OC(F)F)c2)s1. The minimum atomic E-state index is -2.81. The third-order valence-electron chi connectivity index (χ3n) is 2.72. The monoisotopic (exact) mass is 312 g/mol. The van der Waals surface area contributed by atoms with Crippen molar-refractivity contribution in [2.45, 2.75) is 39.3 Å². The Labute approximate surface area is 127 Å². The van der Waals surface area contributed by atoms with Crippen molar-refractivity contribution in [1.82, 2.24) is 4.98 Å². The lowest BCUT2D eigenvalue weighted by atomic mass is 9.98. The first kappa shape index (κ1) is 15.7. The number of alkyl halides is 2. The Bertz CT molecular complexity index is 593. The number of hydrogen-bond donors (Lipinski definition) is 1. The van der Waals surface area contributed by atoms with Crippen LogP contribution in [0.5, 0.6) is 5.75 Å². The minimum absolute atomic E-state index is 0.0357. The molecule has 0 fully saturated rings. The summed E-state index contributed by atoms with van der Waals surface area (Å²) in [5.74, 6) is 0.148. The zero-order chi connectivity index (χ0) is 15.5. The van der Waals surface area contributed by atoms with Gasteiger partial charge in [0.2, 0.25) is 0 Å². The van der Waals surface area contributed by atoms with Gasteiger partial charge in [0.15, 0.2) is 0 Å². The van der Waals surface area contributed by atoms with E-state index in [2.05, 4.69) is 35.8 Å². The van der Waals surface area contributed by atoms with Gasteiger partial charge in [-0.05, 0) is 12.1 Å². The lowest BCUT2D eigenvalue weighted by molar-refractivity contribution is -0.0498. The van der Waals surface area contributed by atoms with E-state index in [9.17, 15) is 8.78 Å². The second kappa shape index (κ2) is 6.39. The largest absolute Gasteiger partial charge is 0.435 e. The van der Waals surface area contributed by atoms with E-state index in [0.29, 0.717) is 6.54 Å². The molecule has 0 radical (unpaired) electrons. The highest BCUT2D eigenvalue weighted by atomic mass is 32.1. The van der Waals surface area contributed by atoms with E-state index in [0.717, 1.165) is 15.6 Å². The standard InChI is InChI=1S/C15H18F2N2OS/c1-15(2,3)13-19-9-12(21-13)8-18-10-5-4-6-11(7-10)20-14(16)17/h4-7,9,14,18H,8H2,1-3H3. The molecule has 21 heavy (non-hydrogen) atoms. The number of aromatic nitrogens is 1. The van der Waals surface area contributed by atoms with Crippen molar-refractivity contribution < 1.29 is 13.5 Å². The number of nitrogens with zero attached hydrogens (tertiary/aromatic N) is 1. The molecule has 2 rings (SSSR count). The maximum Gasteiger partial charge on any atom is 0.387 e. The van der Waals surface area contributed by atoms with Crippen LogP contribution < -0.4 is 10.1 Å². The third kappa shape index (κ3) is 4.67. The molecule has 0 bridgehead atoms. The fraction of sp³-hybridized carbons (Fsp3) is 0.400. The van der Waals surface area contributed by atoms with Crippen LogP contribution >= 0.6 is 11.3 Å². The molecule has 1 aromatic carbocycles. The van der Waals surface area contributed by atoms with E-state index in [1.165, 1.54) is 6.07 Å². The number of benzene rings is 1. The van der Waals surface area contributed by atoms with Crippen LogP contribution in [0.15, 0.2) is 30.5 Å². The summed E-state index contributed by atoms with van der Waals surface area (Å²) in [5.41, 5.74) is 0.771. The van der Waals surface area contributed by atoms with Crippen molar-refractivity contribution >= 4 is 17.0 Å². The summed E-state index contributed by atoms with van der Waals surface area (Å²) in [6, 6.07) is 6.54. The van der Waals surface area contributed by atoms with Crippen LogP contribution in [0, 0.1) is 0 Å². The van der Waals surface area contributed by atoms with Crippen LogP contribution in [0.4, 0.5) is 14.5 Å². The molecule has 1 heterocycles. The molecule has 0 atom stereocenters. The van der Waals surface area contributed by atoms with Gasteiger partial charge in [-0.25, -0.2) is 4.98 Å². The van der Waals surface area contributed by atoms with Crippen LogP contribution in [-0.4, -0.2) is 11.6 Å². The Morgan fingerprint density at radius 2 is 2.10 bits per heavy atom.